The van der Waals surface area contributed by atoms with E-state index in [-0.39, 0.29) is 11.5 Å². The zero-order chi connectivity index (χ0) is 16.6. The molecule has 23 heavy (non-hydrogen) atoms. The van der Waals surface area contributed by atoms with Crippen molar-refractivity contribution in [1.82, 2.24) is 0 Å². The van der Waals surface area contributed by atoms with Crippen LogP contribution in [0.4, 0.5) is 5.69 Å². The van der Waals surface area contributed by atoms with Crippen LogP contribution in [-0.2, 0) is 4.74 Å². The van der Waals surface area contributed by atoms with E-state index in [0.29, 0.717) is 27.7 Å². The molecule has 3 rings (SSSR count). The predicted molar refractivity (Wildman–Crippen MR) is 92.0 cm³/mol. The summed E-state index contributed by atoms with van der Waals surface area (Å²) in [7, 11) is 0. The summed E-state index contributed by atoms with van der Waals surface area (Å²) in [6.07, 6.45) is 0. The second-order valence-corrected chi connectivity index (χ2v) is 6.42. The van der Waals surface area contributed by atoms with Crippen LogP contribution in [0.5, 0.6) is 0 Å². The van der Waals surface area contributed by atoms with Crippen molar-refractivity contribution in [3.63, 3.8) is 0 Å². The van der Waals surface area contributed by atoms with Crippen LogP contribution in [0.15, 0.2) is 41.3 Å². The Morgan fingerprint density at radius 2 is 2.04 bits per heavy atom. The molecular formula is C16H11NO4S2. The number of hydrogen-bond acceptors (Lipinski definition) is 6. The number of thioether (sulfide) groups is 1. The van der Waals surface area contributed by atoms with Gasteiger partial charge in [0, 0.05) is 33.7 Å². The molecule has 0 fully saturated rings. The standard InChI is InChI=1S/C16H11NO4S2/c1-2-21-16(22)23-13-5-3-4-11-14(13)10-7-6-9(17(19)20)8-12(10)15(11)18/h3-8H,2H2,1H3. The first kappa shape index (κ1) is 15.6. The number of carbonyl (C=O) groups is 1. The highest BCUT2D eigenvalue weighted by molar-refractivity contribution is 8.22. The number of rotatable bonds is 3. The lowest BCUT2D eigenvalue weighted by atomic mass is 10.1. The van der Waals surface area contributed by atoms with Crippen LogP contribution in [0.3, 0.4) is 0 Å². The minimum atomic E-state index is -0.504. The number of thiocarbonyl (C=S) groups is 1. The smallest absolute Gasteiger partial charge is 0.270 e. The molecule has 0 aromatic heterocycles. The number of fused-ring (bicyclic) bond motifs is 3. The van der Waals surface area contributed by atoms with Crippen molar-refractivity contribution in [2.45, 2.75) is 11.8 Å². The maximum Gasteiger partial charge on any atom is 0.270 e. The fraction of sp³-hybridized carbons (Fsp3) is 0.125. The number of carbonyl (C=O) groups excluding carboxylic acids is 1. The van der Waals surface area contributed by atoms with Crippen LogP contribution < -0.4 is 0 Å². The van der Waals surface area contributed by atoms with Gasteiger partial charge in [-0.15, -0.1) is 0 Å². The molecule has 0 saturated carbocycles. The third kappa shape index (κ3) is 2.73. The van der Waals surface area contributed by atoms with Gasteiger partial charge in [0.25, 0.3) is 5.69 Å². The summed E-state index contributed by atoms with van der Waals surface area (Å²) < 4.78 is 5.67. The Morgan fingerprint density at radius 3 is 2.74 bits per heavy atom. The first-order valence-corrected chi connectivity index (χ1v) is 8.06. The zero-order valence-corrected chi connectivity index (χ0v) is 13.7. The van der Waals surface area contributed by atoms with Gasteiger partial charge in [0.15, 0.2) is 5.78 Å². The number of ether oxygens (including phenoxy) is 1. The molecule has 2 aromatic rings. The third-order valence-corrected chi connectivity index (χ3v) is 4.67. The third-order valence-electron chi connectivity index (χ3n) is 3.45. The molecule has 0 spiro atoms. The molecule has 0 saturated heterocycles. The van der Waals surface area contributed by atoms with Crippen molar-refractivity contribution in [2.75, 3.05) is 6.61 Å². The molecule has 1 aliphatic rings. The Bertz CT molecular complexity index is 848. The summed E-state index contributed by atoms with van der Waals surface area (Å²) in [5.74, 6) is -0.205. The van der Waals surface area contributed by atoms with Crippen LogP contribution >= 0.6 is 24.0 Å². The van der Waals surface area contributed by atoms with Crippen molar-refractivity contribution in [3.05, 3.63) is 57.6 Å². The van der Waals surface area contributed by atoms with Gasteiger partial charge < -0.3 is 4.74 Å². The van der Waals surface area contributed by atoms with Crippen LogP contribution in [0, 0.1) is 10.1 Å². The fourth-order valence-corrected chi connectivity index (χ4v) is 3.73. The Hall–Kier alpha value is -2.25. The zero-order valence-electron chi connectivity index (χ0n) is 12.1. The number of non-ortho nitro benzene ring substituents is 1. The minimum Gasteiger partial charge on any atom is -0.479 e. The Morgan fingerprint density at radius 1 is 1.26 bits per heavy atom. The predicted octanol–water partition coefficient (Wildman–Crippen LogP) is 4.22. The van der Waals surface area contributed by atoms with Crippen molar-refractivity contribution in [1.29, 1.82) is 0 Å². The van der Waals surface area contributed by atoms with E-state index in [1.807, 2.05) is 13.0 Å². The monoisotopic (exact) mass is 345 g/mol. The highest BCUT2D eigenvalue weighted by atomic mass is 32.2. The molecule has 0 N–H and O–H groups in total. The Labute approximate surface area is 141 Å². The minimum absolute atomic E-state index is 0.0936. The fourth-order valence-electron chi connectivity index (χ4n) is 2.52. The van der Waals surface area contributed by atoms with E-state index in [2.05, 4.69) is 0 Å². The summed E-state index contributed by atoms with van der Waals surface area (Å²) >= 11 is 6.43. The van der Waals surface area contributed by atoms with E-state index < -0.39 is 4.92 Å². The van der Waals surface area contributed by atoms with Gasteiger partial charge in [-0.1, -0.05) is 12.1 Å². The van der Waals surface area contributed by atoms with E-state index in [1.54, 1.807) is 18.2 Å². The summed E-state index contributed by atoms with van der Waals surface area (Å²) in [4.78, 5) is 23.8. The number of nitrogens with zero attached hydrogens (tertiary/aromatic N) is 1. The van der Waals surface area contributed by atoms with Crippen molar-refractivity contribution in [2.24, 2.45) is 0 Å². The number of hydrogen-bond donors (Lipinski definition) is 0. The lowest BCUT2D eigenvalue weighted by molar-refractivity contribution is -0.384. The molecular weight excluding hydrogens is 334 g/mol. The molecule has 2 aromatic carbocycles. The molecule has 7 heteroatoms. The van der Waals surface area contributed by atoms with Crippen LogP contribution in [0.2, 0.25) is 0 Å². The SMILES string of the molecule is CCOC(=S)Sc1cccc2c1-c1ccc([N+](=O)[O-])cc1C2=O. The van der Waals surface area contributed by atoms with Crippen molar-refractivity contribution in [3.8, 4) is 11.1 Å². The van der Waals surface area contributed by atoms with Crippen LogP contribution in [-0.4, -0.2) is 21.7 Å². The lowest BCUT2D eigenvalue weighted by Gasteiger charge is -2.09. The quantitative estimate of drug-likeness (QED) is 0.306. The average molecular weight is 345 g/mol. The van der Waals surface area contributed by atoms with Gasteiger partial charge in [-0.05, 0) is 48.6 Å². The summed E-state index contributed by atoms with van der Waals surface area (Å²) in [5, 5.41) is 10.9. The topological polar surface area (TPSA) is 69.4 Å². The molecule has 1 aliphatic carbocycles. The van der Waals surface area contributed by atoms with Gasteiger partial charge in [0.1, 0.15) is 0 Å². The van der Waals surface area contributed by atoms with Gasteiger partial charge in [-0.2, -0.15) is 0 Å². The Kier molecular flexibility index (Phi) is 4.14. The highest BCUT2D eigenvalue weighted by Gasteiger charge is 2.30. The summed E-state index contributed by atoms with van der Waals surface area (Å²) in [6.45, 7) is 2.32. The van der Waals surface area contributed by atoms with Crippen LogP contribution in [0.1, 0.15) is 22.8 Å². The van der Waals surface area contributed by atoms with Gasteiger partial charge >= 0.3 is 0 Å². The first-order chi connectivity index (χ1) is 11.0. The van der Waals surface area contributed by atoms with Gasteiger partial charge in [0.05, 0.1) is 11.5 Å². The van der Waals surface area contributed by atoms with E-state index >= 15 is 0 Å². The second-order valence-electron chi connectivity index (χ2n) is 4.78. The maximum atomic E-state index is 12.5. The summed E-state index contributed by atoms with van der Waals surface area (Å²) in [6, 6.07) is 9.70. The number of benzene rings is 2. The molecule has 116 valence electrons. The summed E-state index contributed by atoms with van der Waals surface area (Å²) in [5.41, 5.74) is 2.24. The lowest BCUT2D eigenvalue weighted by Crippen LogP contribution is -1.97. The maximum absolute atomic E-state index is 12.5. The Balaban J connectivity index is 2.11. The molecule has 0 aliphatic heterocycles. The number of ketones is 1. The average Bonchev–Trinajstić information content (AvgIpc) is 2.81. The highest BCUT2D eigenvalue weighted by Crippen LogP contribution is 2.43. The second kappa shape index (κ2) is 6.10. The first-order valence-electron chi connectivity index (χ1n) is 6.84. The van der Waals surface area contributed by atoms with Crippen molar-refractivity contribution < 1.29 is 14.5 Å². The van der Waals surface area contributed by atoms with Gasteiger partial charge in [-0.3, -0.25) is 14.9 Å². The van der Waals surface area contributed by atoms with Gasteiger partial charge in [-0.25, -0.2) is 0 Å². The molecule has 0 amide bonds. The van der Waals surface area contributed by atoms with Crippen molar-refractivity contribution >= 4 is 39.8 Å². The molecule has 0 unspecified atom stereocenters. The normalized spacial score (nSPS) is 11.8. The molecule has 0 bridgehead atoms. The molecule has 0 heterocycles. The van der Waals surface area contributed by atoms with E-state index in [1.165, 1.54) is 23.9 Å². The van der Waals surface area contributed by atoms with Gasteiger partial charge in [0.2, 0.25) is 4.38 Å². The number of nitro benzene ring substituents is 1. The van der Waals surface area contributed by atoms with Crippen LogP contribution in [0.25, 0.3) is 11.1 Å². The molecule has 0 radical (unpaired) electrons. The van der Waals surface area contributed by atoms with E-state index in [0.717, 1.165) is 10.5 Å². The molecule has 0 atom stereocenters. The van der Waals surface area contributed by atoms with E-state index in [9.17, 15) is 14.9 Å². The molecule has 5 nitrogen and oxygen atoms in total. The number of nitro groups is 1. The van der Waals surface area contributed by atoms with E-state index in [4.69, 9.17) is 17.0 Å². The largest absolute Gasteiger partial charge is 0.479 e.